The van der Waals surface area contributed by atoms with E-state index in [9.17, 15) is 9.59 Å². The minimum absolute atomic E-state index is 0.00940. The SMILES string of the molecule is COC(=O)[C@H](C)CCC(=O)Nc1c2c(cc3c1CCC3)CCC2. The molecule has 1 atom stereocenters. The van der Waals surface area contributed by atoms with E-state index in [2.05, 4.69) is 11.4 Å². The maximum absolute atomic E-state index is 12.4. The van der Waals surface area contributed by atoms with Crippen LogP contribution in [0, 0.1) is 5.92 Å². The number of benzene rings is 1. The van der Waals surface area contributed by atoms with Crippen LogP contribution in [0.25, 0.3) is 0 Å². The third kappa shape index (κ3) is 3.26. The Morgan fingerprint density at radius 3 is 2.30 bits per heavy atom. The molecular weight excluding hydrogens is 290 g/mol. The summed E-state index contributed by atoms with van der Waals surface area (Å²) in [7, 11) is 1.38. The summed E-state index contributed by atoms with van der Waals surface area (Å²) in [4.78, 5) is 23.8. The number of rotatable bonds is 5. The molecule has 0 spiro atoms. The molecule has 0 saturated carbocycles. The van der Waals surface area contributed by atoms with Gasteiger partial charge < -0.3 is 10.1 Å². The Labute approximate surface area is 137 Å². The van der Waals surface area contributed by atoms with Gasteiger partial charge in [-0.2, -0.15) is 0 Å². The zero-order chi connectivity index (χ0) is 16.4. The number of amides is 1. The average molecular weight is 315 g/mol. The van der Waals surface area contributed by atoms with Crippen molar-refractivity contribution in [3.63, 3.8) is 0 Å². The van der Waals surface area contributed by atoms with Gasteiger partial charge in [0.25, 0.3) is 0 Å². The summed E-state index contributed by atoms with van der Waals surface area (Å²) in [5, 5.41) is 3.16. The van der Waals surface area contributed by atoms with Crippen molar-refractivity contribution in [3.05, 3.63) is 28.3 Å². The van der Waals surface area contributed by atoms with E-state index in [1.54, 1.807) is 6.92 Å². The highest BCUT2D eigenvalue weighted by atomic mass is 16.5. The number of aryl methyl sites for hydroxylation is 2. The van der Waals surface area contributed by atoms with Crippen LogP contribution in [-0.4, -0.2) is 19.0 Å². The zero-order valence-electron chi connectivity index (χ0n) is 14.0. The molecule has 23 heavy (non-hydrogen) atoms. The molecule has 0 bridgehead atoms. The molecule has 1 aromatic carbocycles. The second-order valence-corrected chi connectivity index (χ2v) is 6.75. The number of carbonyl (C=O) groups excluding carboxylic acids is 2. The molecule has 0 saturated heterocycles. The summed E-state index contributed by atoms with van der Waals surface area (Å²) in [6, 6.07) is 2.36. The highest BCUT2D eigenvalue weighted by Crippen LogP contribution is 2.38. The third-order valence-electron chi connectivity index (χ3n) is 5.15. The van der Waals surface area contributed by atoms with Crippen molar-refractivity contribution in [1.82, 2.24) is 0 Å². The minimum Gasteiger partial charge on any atom is -0.469 e. The summed E-state index contributed by atoms with van der Waals surface area (Å²) in [6.45, 7) is 1.80. The molecule has 1 aromatic rings. The van der Waals surface area contributed by atoms with Gasteiger partial charge >= 0.3 is 5.97 Å². The van der Waals surface area contributed by atoms with Crippen molar-refractivity contribution in [2.45, 2.75) is 58.3 Å². The molecule has 0 unspecified atom stereocenters. The van der Waals surface area contributed by atoms with Gasteiger partial charge in [0.1, 0.15) is 0 Å². The lowest BCUT2D eigenvalue weighted by atomic mass is 9.98. The van der Waals surface area contributed by atoms with Gasteiger partial charge in [-0.25, -0.2) is 0 Å². The number of anilines is 1. The van der Waals surface area contributed by atoms with Crippen LogP contribution in [0.3, 0.4) is 0 Å². The van der Waals surface area contributed by atoms with Crippen molar-refractivity contribution < 1.29 is 14.3 Å². The normalized spacial score (nSPS) is 16.6. The maximum Gasteiger partial charge on any atom is 0.308 e. The molecule has 3 rings (SSSR count). The van der Waals surface area contributed by atoms with Gasteiger partial charge in [-0.3, -0.25) is 9.59 Å². The Morgan fingerprint density at radius 1 is 1.13 bits per heavy atom. The number of methoxy groups -OCH3 is 1. The minimum atomic E-state index is -0.251. The number of hydrogen-bond acceptors (Lipinski definition) is 3. The molecule has 1 N–H and O–H groups in total. The summed E-state index contributed by atoms with van der Waals surface area (Å²) in [6.07, 6.45) is 7.63. The Bertz CT molecular complexity index is 604. The fourth-order valence-corrected chi connectivity index (χ4v) is 3.84. The van der Waals surface area contributed by atoms with Gasteiger partial charge in [0.05, 0.1) is 13.0 Å². The third-order valence-corrected chi connectivity index (χ3v) is 5.15. The molecule has 0 radical (unpaired) electrons. The summed E-state index contributed by atoms with van der Waals surface area (Å²) >= 11 is 0. The predicted molar refractivity (Wildman–Crippen MR) is 89.5 cm³/mol. The standard InChI is InChI=1S/C19H25NO3/c1-12(19(22)23-2)9-10-17(21)20-18-15-7-3-5-13(15)11-14-6-4-8-16(14)18/h11-12H,3-10H2,1-2H3,(H,20,21)/t12-/m1/s1. The quantitative estimate of drug-likeness (QED) is 0.849. The highest BCUT2D eigenvalue weighted by Gasteiger charge is 2.25. The Balaban J connectivity index is 1.71. The molecule has 0 heterocycles. The van der Waals surface area contributed by atoms with E-state index in [4.69, 9.17) is 4.74 Å². The second kappa shape index (κ2) is 6.73. The summed E-state index contributed by atoms with van der Waals surface area (Å²) in [5.74, 6) is -0.479. The molecule has 124 valence electrons. The molecule has 0 aliphatic heterocycles. The van der Waals surface area contributed by atoms with E-state index in [1.807, 2.05) is 0 Å². The molecule has 4 heteroatoms. The molecule has 0 fully saturated rings. The first-order valence-corrected chi connectivity index (χ1v) is 8.64. The van der Waals surface area contributed by atoms with E-state index in [0.717, 1.165) is 31.4 Å². The number of hydrogen-bond donors (Lipinski definition) is 1. The lowest BCUT2D eigenvalue weighted by Crippen LogP contribution is -2.19. The Kier molecular flexibility index (Phi) is 4.69. The van der Waals surface area contributed by atoms with E-state index < -0.39 is 0 Å². The van der Waals surface area contributed by atoms with E-state index in [0.29, 0.717) is 12.8 Å². The lowest BCUT2D eigenvalue weighted by molar-refractivity contribution is -0.145. The Hall–Kier alpha value is -1.84. The van der Waals surface area contributed by atoms with E-state index in [-0.39, 0.29) is 17.8 Å². The first kappa shape index (κ1) is 16.0. The smallest absolute Gasteiger partial charge is 0.308 e. The molecule has 1 amide bonds. The van der Waals surface area contributed by atoms with Crippen molar-refractivity contribution in [2.75, 3.05) is 12.4 Å². The maximum atomic E-state index is 12.4. The van der Waals surface area contributed by atoms with Crippen LogP contribution < -0.4 is 5.32 Å². The van der Waals surface area contributed by atoms with Gasteiger partial charge in [-0.15, -0.1) is 0 Å². The van der Waals surface area contributed by atoms with Crippen LogP contribution in [0.1, 0.15) is 54.9 Å². The molecular formula is C19H25NO3. The largest absolute Gasteiger partial charge is 0.469 e. The van der Waals surface area contributed by atoms with Gasteiger partial charge in [-0.1, -0.05) is 13.0 Å². The summed E-state index contributed by atoms with van der Waals surface area (Å²) in [5.41, 5.74) is 6.62. The summed E-state index contributed by atoms with van der Waals surface area (Å²) < 4.78 is 4.71. The van der Waals surface area contributed by atoms with Crippen LogP contribution in [0.4, 0.5) is 5.69 Å². The van der Waals surface area contributed by atoms with Crippen LogP contribution >= 0.6 is 0 Å². The monoisotopic (exact) mass is 315 g/mol. The fourth-order valence-electron chi connectivity index (χ4n) is 3.84. The van der Waals surface area contributed by atoms with Crippen molar-refractivity contribution in [3.8, 4) is 0 Å². The van der Waals surface area contributed by atoms with Gasteiger partial charge in [0.15, 0.2) is 0 Å². The molecule has 0 aromatic heterocycles. The van der Waals surface area contributed by atoms with E-state index >= 15 is 0 Å². The molecule has 2 aliphatic carbocycles. The number of carbonyl (C=O) groups is 2. The number of fused-ring (bicyclic) bond motifs is 2. The second-order valence-electron chi connectivity index (χ2n) is 6.75. The number of esters is 1. The molecule has 2 aliphatic rings. The highest BCUT2D eigenvalue weighted by molar-refractivity contribution is 5.93. The molecule has 4 nitrogen and oxygen atoms in total. The predicted octanol–water partition coefficient (Wildman–Crippen LogP) is 3.19. The first-order valence-electron chi connectivity index (χ1n) is 8.64. The number of nitrogens with one attached hydrogen (secondary N) is 1. The Morgan fingerprint density at radius 2 is 1.74 bits per heavy atom. The van der Waals surface area contributed by atoms with Crippen LogP contribution in [0.2, 0.25) is 0 Å². The van der Waals surface area contributed by atoms with Crippen molar-refractivity contribution in [2.24, 2.45) is 5.92 Å². The van der Waals surface area contributed by atoms with Crippen molar-refractivity contribution in [1.29, 1.82) is 0 Å². The fraction of sp³-hybridized carbons (Fsp3) is 0.579. The average Bonchev–Trinajstić information content (AvgIpc) is 3.20. The zero-order valence-corrected chi connectivity index (χ0v) is 14.0. The van der Waals surface area contributed by atoms with Gasteiger partial charge in [-0.05, 0) is 67.2 Å². The van der Waals surface area contributed by atoms with Crippen LogP contribution in [-0.2, 0) is 40.0 Å². The van der Waals surface area contributed by atoms with Crippen molar-refractivity contribution >= 4 is 17.6 Å². The van der Waals surface area contributed by atoms with Crippen LogP contribution in [0.5, 0.6) is 0 Å². The van der Waals surface area contributed by atoms with E-state index in [1.165, 1.54) is 42.2 Å². The first-order chi connectivity index (χ1) is 11.1. The number of ether oxygens (including phenoxy) is 1. The topological polar surface area (TPSA) is 55.4 Å². The van der Waals surface area contributed by atoms with Gasteiger partial charge in [0.2, 0.25) is 5.91 Å². The van der Waals surface area contributed by atoms with Gasteiger partial charge in [0, 0.05) is 12.1 Å². The van der Waals surface area contributed by atoms with Crippen LogP contribution in [0.15, 0.2) is 6.07 Å². The lowest BCUT2D eigenvalue weighted by Gasteiger charge is -2.16.